The van der Waals surface area contributed by atoms with Crippen LogP contribution in [0, 0.1) is 31.3 Å². The Morgan fingerprint density at radius 3 is 2.50 bits per heavy atom. The number of ether oxygens (including phenoxy) is 1. The van der Waals surface area contributed by atoms with E-state index in [9.17, 15) is 22.8 Å². The van der Waals surface area contributed by atoms with Gasteiger partial charge in [0.05, 0.1) is 36.7 Å². The van der Waals surface area contributed by atoms with E-state index < -0.39 is 41.6 Å². The summed E-state index contributed by atoms with van der Waals surface area (Å²) in [4.78, 5) is 29.7. The van der Waals surface area contributed by atoms with Crippen molar-refractivity contribution in [3.8, 4) is 17.0 Å². The number of carboxylic acids is 1. The van der Waals surface area contributed by atoms with E-state index in [0.717, 1.165) is 12.3 Å². The lowest BCUT2D eigenvalue weighted by Crippen LogP contribution is -2.58. The molecule has 38 heavy (non-hydrogen) atoms. The van der Waals surface area contributed by atoms with Gasteiger partial charge in [0.15, 0.2) is 11.6 Å². The third-order valence-electron chi connectivity index (χ3n) is 6.45. The first-order chi connectivity index (χ1) is 18.1. The van der Waals surface area contributed by atoms with Crippen molar-refractivity contribution < 1.29 is 32.6 Å². The van der Waals surface area contributed by atoms with Crippen molar-refractivity contribution in [2.75, 3.05) is 13.1 Å². The normalized spacial score (nSPS) is 17.1. The summed E-state index contributed by atoms with van der Waals surface area (Å²) in [6.45, 7) is 3.39. The molecule has 2 aliphatic rings. The van der Waals surface area contributed by atoms with Gasteiger partial charge >= 0.3 is 12.0 Å². The number of aromatic nitrogens is 3. The summed E-state index contributed by atoms with van der Waals surface area (Å²) in [7, 11) is 0. The molecule has 0 unspecified atom stereocenters. The monoisotopic (exact) mass is 528 g/mol. The van der Waals surface area contributed by atoms with Gasteiger partial charge in [-0.2, -0.15) is 10.2 Å². The topological polar surface area (TPSA) is 113 Å². The largest absolute Gasteiger partial charge is 0.483 e. The fourth-order valence-corrected chi connectivity index (χ4v) is 4.63. The number of hydrogen-bond acceptors (Lipinski definition) is 6. The first-order valence-electron chi connectivity index (χ1n) is 11.8. The predicted molar refractivity (Wildman–Crippen MR) is 128 cm³/mol. The fourth-order valence-electron chi connectivity index (χ4n) is 4.63. The van der Waals surface area contributed by atoms with E-state index in [1.54, 1.807) is 13.8 Å². The number of hydrogen-bond donors (Lipinski definition) is 1. The number of rotatable bonds is 6. The lowest BCUT2D eigenvalue weighted by Gasteiger charge is -2.41. The lowest BCUT2D eigenvalue weighted by molar-refractivity contribution is -0.137. The molecule has 198 valence electrons. The lowest BCUT2D eigenvalue weighted by atomic mass is 10.0. The van der Waals surface area contributed by atoms with Crippen molar-refractivity contribution >= 4 is 18.2 Å². The van der Waals surface area contributed by atoms with Gasteiger partial charge in [0.25, 0.3) is 0 Å². The third kappa shape index (κ3) is 4.78. The van der Waals surface area contributed by atoms with Crippen molar-refractivity contribution in [2.24, 2.45) is 5.10 Å². The maximum atomic E-state index is 14.5. The first-order valence-corrected chi connectivity index (χ1v) is 11.8. The van der Waals surface area contributed by atoms with E-state index in [2.05, 4.69) is 15.2 Å². The van der Waals surface area contributed by atoms with Gasteiger partial charge in [-0.3, -0.25) is 14.5 Å². The van der Waals surface area contributed by atoms with E-state index >= 15 is 0 Å². The van der Waals surface area contributed by atoms with Gasteiger partial charge < -0.3 is 14.7 Å². The Labute approximate surface area is 214 Å². The second-order valence-electron chi connectivity index (χ2n) is 9.12. The number of urea groups is 1. The molecule has 1 saturated heterocycles. The highest BCUT2D eigenvalue weighted by molar-refractivity contribution is 5.79. The molecule has 2 aromatic heterocycles. The maximum absolute atomic E-state index is 14.5. The number of halogens is 3. The maximum Gasteiger partial charge on any atom is 0.341 e. The van der Waals surface area contributed by atoms with Crippen LogP contribution in [0.25, 0.3) is 11.3 Å². The van der Waals surface area contributed by atoms with Gasteiger partial charge in [-0.25, -0.2) is 23.0 Å². The second-order valence-corrected chi connectivity index (χ2v) is 9.12. The highest BCUT2D eigenvalue weighted by Crippen LogP contribution is 2.33. The Bertz CT molecular complexity index is 1430. The SMILES string of the molecule is Cc1nn(CC(=O)O)c(C)c1-c1cc(OC2CN(C(=O)N3N=CC[C@H]3c3cc(F)cc(F)c3)C2)c(F)cn1. The van der Waals surface area contributed by atoms with Gasteiger partial charge in [0.2, 0.25) is 0 Å². The standard InChI is InChI=1S/C25H23F3N6O4/c1-13-24(14(2)33(31-13)12-23(35)36)20-8-22(19(28)9-29-20)38-18-10-32(11-18)25(37)34-21(3-4-30-34)15-5-16(26)7-17(27)6-15/h4-9,18,21H,3,10-12H2,1-2H3,(H,35,36)/t21-/m0/s1. The molecule has 0 saturated carbocycles. The summed E-state index contributed by atoms with van der Waals surface area (Å²) in [5, 5.41) is 18.6. The van der Waals surface area contributed by atoms with E-state index in [4.69, 9.17) is 9.84 Å². The molecule has 0 bridgehead atoms. The number of carboxylic acid groups (broad SMARTS) is 1. The van der Waals surface area contributed by atoms with E-state index in [1.165, 1.54) is 39.0 Å². The predicted octanol–water partition coefficient (Wildman–Crippen LogP) is 3.68. The molecule has 0 radical (unpaired) electrons. The van der Waals surface area contributed by atoms with Gasteiger partial charge in [0.1, 0.15) is 24.3 Å². The molecule has 0 spiro atoms. The number of aliphatic carboxylic acids is 1. The summed E-state index contributed by atoms with van der Waals surface area (Å²) < 4.78 is 49.1. The molecule has 2 aliphatic heterocycles. The molecule has 1 fully saturated rings. The Morgan fingerprint density at radius 1 is 1.11 bits per heavy atom. The molecule has 1 aromatic carbocycles. The number of nitrogens with zero attached hydrogens (tertiary/aromatic N) is 6. The average molecular weight is 528 g/mol. The molecular weight excluding hydrogens is 505 g/mol. The zero-order valence-electron chi connectivity index (χ0n) is 20.4. The minimum absolute atomic E-state index is 0.0656. The smallest absolute Gasteiger partial charge is 0.341 e. The van der Waals surface area contributed by atoms with Crippen LogP contribution in [0.1, 0.15) is 29.4 Å². The van der Waals surface area contributed by atoms with Crippen LogP contribution in [0.15, 0.2) is 35.6 Å². The molecule has 0 aliphatic carbocycles. The van der Waals surface area contributed by atoms with E-state index in [-0.39, 0.29) is 25.4 Å². The number of benzene rings is 1. The molecule has 1 atom stereocenters. The quantitative estimate of drug-likeness (QED) is 0.522. The van der Waals surface area contributed by atoms with Crippen LogP contribution in [0.5, 0.6) is 5.75 Å². The molecule has 13 heteroatoms. The van der Waals surface area contributed by atoms with Gasteiger partial charge in [-0.15, -0.1) is 0 Å². The highest BCUT2D eigenvalue weighted by Gasteiger charge is 2.39. The number of likely N-dealkylation sites (tertiary alicyclic amines) is 1. The molecule has 1 N–H and O–H groups in total. The molecule has 4 heterocycles. The minimum atomic E-state index is -1.05. The van der Waals surface area contributed by atoms with Crippen LogP contribution in [0.3, 0.4) is 0 Å². The number of pyridine rings is 1. The van der Waals surface area contributed by atoms with Crippen LogP contribution in [-0.4, -0.2) is 67.2 Å². The number of amides is 2. The van der Waals surface area contributed by atoms with Gasteiger partial charge in [-0.05, 0) is 31.5 Å². The number of carbonyl (C=O) groups excluding carboxylic acids is 1. The number of carbonyl (C=O) groups is 2. The first kappa shape index (κ1) is 25.2. The van der Waals surface area contributed by atoms with Crippen LogP contribution < -0.4 is 4.74 Å². The number of aryl methyl sites for hydroxylation is 1. The molecule has 3 aromatic rings. The van der Waals surface area contributed by atoms with Crippen molar-refractivity contribution in [3.63, 3.8) is 0 Å². The summed E-state index contributed by atoms with van der Waals surface area (Å²) in [5.74, 6) is -3.28. The Balaban J connectivity index is 1.26. The average Bonchev–Trinajstić information content (AvgIpc) is 3.41. The second kappa shape index (κ2) is 9.80. The highest BCUT2D eigenvalue weighted by atomic mass is 19.1. The summed E-state index contributed by atoms with van der Waals surface area (Å²) in [6.07, 6.45) is 2.34. The van der Waals surface area contributed by atoms with Crippen LogP contribution >= 0.6 is 0 Å². The number of hydrazone groups is 1. The Morgan fingerprint density at radius 2 is 1.82 bits per heavy atom. The minimum Gasteiger partial charge on any atom is -0.483 e. The van der Waals surface area contributed by atoms with Crippen molar-refractivity contribution in [1.82, 2.24) is 24.7 Å². The van der Waals surface area contributed by atoms with Gasteiger partial charge in [0, 0.05) is 36.0 Å². The van der Waals surface area contributed by atoms with Crippen molar-refractivity contribution in [3.05, 3.63) is 64.9 Å². The zero-order chi connectivity index (χ0) is 27.1. The van der Waals surface area contributed by atoms with E-state index in [0.29, 0.717) is 34.6 Å². The fraction of sp³-hybridized carbons (Fsp3) is 0.320. The van der Waals surface area contributed by atoms with Crippen molar-refractivity contribution in [2.45, 2.75) is 39.0 Å². The summed E-state index contributed by atoms with van der Waals surface area (Å²) in [6, 6.07) is 3.42. The zero-order valence-corrected chi connectivity index (χ0v) is 20.4. The summed E-state index contributed by atoms with van der Waals surface area (Å²) >= 11 is 0. The van der Waals surface area contributed by atoms with Crippen LogP contribution in [0.4, 0.5) is 18.0 Å². The van der Waals surface area contributed by atoms with Crippen LogP contribution in [-0.2, 0) is 11.3 Å². The van der Waals surface area contributed by atoms with Crippen molar-refractivity contribution in [1.29, 1.82) is 0 Å². The summed E-state index contributed by atoms with van der Waals surface area (Å²) in [5.41, 5.74) is 2.35. The molecular formula is C25H23F3N6O4. The van der Waals surface area contributed by atoms with Crippen LogP contribution in [0.2, 0.25) is 0 Å². The Kier molecular flexibility index (Phi) is 6.51. The molecule has 10 nitrogen and oxygen atoms in total. The Hall–Kier alpha value is -4.42. The molecule has 5 rings (SSSR count). The molecule has 2 amide bonds. The van der Waals surface area contributed by atoms with Gasteiger partial charge in [-0.1, -0.05) is 0 Å². The van der Waals surface area contributed by atoms with E-state index in [1.807, 2.05) is 0 Å². The third-order valence-corrected chi connectivity index (χ3v) is 6.45.